The van der Waals surface area contributed by atoms with Crippen molar-refractivity contribution in [1.82, 2.24) is 25.2 Å². The Bertz CT molecular complexity index is 927. The van der Waals surface area contributed by atoms with Gasteiger partial charge >= 0.3 is 0 Å². The third kappa shape index (κ3) is 4.33. The molecule has 2 saturated heterocycles. The lowest BCUT2D eigenvalue weighted by Gasteiger charge is -2.34. The summed E-state index contributed by atoms with van der Waals surface area (Å²) in [6, 6.07) is 4.22. The Morgan fingerprint density at radius 2 is 1.90 bits per heavy atom. The highest BCUT2D eigenvalue weighted by Gasteiger charge is 2.27. The van der Waals surface area contributed by atoms with Gasteiger partial charge in [0, 0.05) is 38.4 Å². The van der Waals surface area contributed by atoms with E-state index in [0.29, 0.717) is 23.2 Å². The van der Waals surface area contributed by atoms with Crippen molar-refractivity contribution in [1.29, 1.82) is 5.26 Å². The molecule has 2 aromatic heterocycles. The van der Waals surface area contributed by atoms with E-state index in [1.54, 1.807) is 6.20 Å². The maximum absolute atomic E-state index is 13.2. The van der Waals surface area contributed by atoms with E-state index in [4.69, 9.17) is 5.26 Å². The summed E-state index contributed by atoms with van der Waals surface area (Å²) in [7, 11) is 2.05. The van der Waals surface area contributed by atoms with Gasteiger partial charge in [0.15, 0.2) is 5.69 Å². The van der Waals surface area contributed by atoms with Crippen LogP contribution in [0.25, 0.3) is 0 Å². The van der Waals surface area contributed by atoms with E-state index in [1.807, 2.05) is 17.0 Å². The van der Waals surface area contributed by atoms with Crippen LogP contribution in [-0.2, 0) is 0 Å². The molecular formula is C21H26N8O. The normalized spacial score (nSPS) is 16.9. The molecule has 30 heavy (non-hydrogen) atoms. The number of aromatic nitrogens is 3. The van der Waals surface area contributed by atoms with E-state index in [9.17, 15) is 4.79 Å². The molecule has 0 aromatic carbocycles. The number of carbonyl (C=O) groups excluding carboxylic acids is 1. The lowest BCUT2D eigenvalue weighted by atomic mass is 10.0. The molecule has 2 aliphatic heterocycles. The average Bonchev–Trinajstić information content (AvgIpc) is 3.34. The smallest absolute Gasteiger partial charge is 0.257 e. The number of piperidine rings is 1. The molecule has 4 rings (SSSR count). The fourth-order valence-corrected chi connectivity index (χ4v) is 4.03. The molecule has 9 nitrogen and oxygen atoms in total. The largest absolute Gasteiger partial charge is 0.371 e. The summed E-state index contributed by atoms with van der Waals surface area (Å²) in [6.45, 7) is 3.55. The minimum atomic E-state index is 0.0421. The van der Waals surface area contributed by atoms with E-state index in [0.717, 1.165) is 57.5 Å². The average molecular weight is 406 g/mol. The molecule has 156 valence electrons. The van der Waals surface area contributed by atoms with Crippen LogP contribution in [-0.4, -0.2) is 65.0 Å². The Labute approximate surface area is 176 Å². The highest BCUT2D eigenvalue weighted by molar-refractivity contribution is 6.00. The second-order valence-corrected chi connectivity index (χ2v) is 7.70. The Balaban J connectivity index is 1.63. The van der Waals surface area contributed by atoms with Crippen LogP contribution in [0.1, 0.15) is 41.7 Å². The molecule has 0 bridgehead atoms. The Kier molecular flexibility index (Phi) is 6.05. The Morgan fingerprint density at radius 1 is 1.17 bits per heavy atom. The van der Waals surface area contributed by atoms with Crippen molar-refractivity contribution in [2.24, 2.45) is 0 Å². The first-order chi connectivity index (χ1) is 14.7. The molecule has 1 amide bonds. The summed E-state index contributed by atoms with van der Waals surface area (Å²) in [5.41, 5.74) is 1.76. The van der Waals surface area contributed by atoms with Gasteiger partial charge in [-0.15, -0.1) is 0 Å². The third-order valence-electron chi connectivity index (χ3n) is 5.76. The van der Waals surface area contributed by atoms with Gasteiger partial charge in [0.05, 0.1) is 23.6 Å². The Hall–Kier alpha value is -3.25. The minimum absolute atomic E-state index is 0.0421. The number of amides is 1. The lowest BCUT2D eigenvalue weighted by molar-refractivity contribution is 0.0793. The van der Waals surface area contributed by atoms with Crippen LogP contribution in [0.5, 0.6) is 0 Å². The number of likely N-dealkylation sites (tertiary alicyclic amines) is 1. The third-order valence-corrected chi connectivity index (χ3v) is 5.76. The van der Waals surface area contributed by atoms with Crippen LogP contribution < -0.4 is 15.5 Å². The van der Waals surface area contributed by atoms with Gasteiger partial charge in [0.2, 0.25) is 0 Å². The maximum Gasteiger partial charge on any atom is 0.257 e. The van der Waals surface area contributed by atoms with Crippen molar-refractivity contribution in [3.63, 3.8) is 0 Å². The molecule has 0 aliphatic carbocycles. The number of anilines is 3. The molecule has 0 atom stereocenters. The second kappa shape index (κ2) is 9.05. The first-order valence-electron chi connectivity index (χ1n) is 10.4. The number of nitrogens with zero attached hydrogens (tertiary/aromatic N) is 6. The lowest BCUT2D eigenvalue weighted by Crippen LogP contribution is -2.42. The standard InChI is InChI=1S/C21H26N8O/c1-28(16-4-6-23-7-5-16)18-10-19(27-20-14-24-15(11-22)12-25-20)26-13-17(18)21(30)29-8-2-3-9-29/h10,12-14,16,23H,2-9H2,1H3,(H,25,26,27). The van der Waals surface area contributed by atoms with E-state index >= 15 is 0 Å². The van der Waals surface area contributed by atoms with Crippen molar-refractivity contribution >= 4 is 23.2 Å². The number of hydrogen-bond donors (Lipinski definition) is 2. The van der Waals surface area contributed by atoms with Gasteiger partial charge in [0.1, 0.15) is 17.7 Å². The van der Waals surface area contributed by atoms with Crippen LogP contribution in [0.15, 0.2) is 24.7 Å². The van der Waals surface area contributed by atoms with Gasteiger partial charge in [-0.3, -0.25) is 4.79 Å². The van der Waals surface area contributed by atoms with Gasteiger partial charge in [-0.25, -0.2) is 15.0 Å². The van der Waals surface area contributed by atoms with E-state index in [-0.39, 0.29) is 11.6 Å². The summed E-state index contributed by atoms with van der Waals surface area (Å²) < 4.78 is 0. The second-order valence-electron chi connectivity index (χ2n) is 7.70. The molecule has 4 heterocycles. The van der Waals surface area contributed by atoms with Crippen molar-refractivity contribution in [2.75, 3.05) is 43.4 Å². The van der Waals surface area contributed by atoms with Crippen LogP contribution in [0.4, 0.5) is 17.3 Å². The zero-order valence-corrected chi connectivity index (χ0v) is 17.1. The molecule has 0 spiro atoms. The predicted octanol–water partition coefficient (Wildman–Crippen LogP) is 1.91. The van der Waals surface area contributed by atoms with E-state index < -0.39 is 0 Å². The minimum Gasteiger partial charge on any atom is -0.371 e. The topological polar surface area (TPSA) is 110 Å². The highest BCUT2D eigenvalue weighted by atomic mass is 16.2. The summed E-state index contributed by atoms with van der Waals surface area (Å²) in [5.74, 6) is 1.12. The molecular weight excluding hydrogens is 380 g/mol. The summed E-state index contributed by atoms with van der Waals surface area (Å²) in [5, 5.41) is 15.4. The van der Waals surface area contributed by atoms with Crippen LogP contribution in [0.2, 0.25) is 0 Å². The Morgan fingerprint density at radius 3 is 2.57 bits per heavy atom. The van der Waals surface area contributed by atoms with Crippen molar-refractivity contribution < 1.29 is 4.79 Å². The van der Waals surface area contributed by atoms with Gasteiger partial charge in [-0.05, 0) is 38.8 Å². The van der Waals surface area contributed by atoms with Crippen LogP contribution >= 0.6 is 0 Å². The fraction of sp³-hybridized carbons (Fsp3) is 0.476. The zero-order valence-electron chi connectivity index (χ0n) is 17.1. The highest BCUT2D eigenvalue weighted by Crippen LogP contribution is 2.29. The van der Waals surface area contributed by atoms with Crippen molar-refractivity contribution in [3.8, 4) is 6.07 Å². The van der Waals surface area contributed by atoms with Gasteiger partial charge in [-0.2, -0.15) is 5.26 Å². The number of nitrogens with one attached hydrogen (secondary N) is 2. The molecule has 9 heteroatoms. The number of pyridine rings is 1. The first-order valence-corrected chi connectivity index (χ1v) is 10.4. The van der Waals surface area contributed by atoms with Crippen molar-refractivity contribution in [3.05, 3.63) is 35.9 Å². The molecule has 0 saturated carbocycles. The van der Waals surface area contributed by atoms with Crippen LogP contribution in [0, 0.1) is 11.3 Å². The fourth-order valence-electron chi connectivity index (χ4n) is 4.03. The van der Waals surface area contributed by atoms with Crippen molar-refractivity contribution in [2.45, 2.75) is 31.7 Å². The van der Waals surface area contributed by atoms with Crippen LogP contribution in [0.3, 0.4) is 0 Å². The predicted molar refractivity (Wildman–Crippen MR) is 114 cm³/mol. The van der Waals surface area contributed by atoms with Gasteiger partial charge in [0.25, 0.3) is 5.91 Å². The molecule has 2 N–H and O–H groups in total. The number of carbonyl (C=O) groups is 1. The molecule has 0 unspecified atom stereocenters. The molecule has 2 aliphatic rings. The summed E-state index contributed by atoms with van der Waals surface area (Å²) in [6.07, 6.45) is 8.73. The first kappa shape index (κ1) is 20.0. The molecule has 0 radical (unpaired) electrons. The number of nitriles is 1. The molecule has 2 fully saturated rings. The number of rotatable bonds is 5. The quantitative estimate of drug-likeness (QED) is 0.775. The molecule has 2 aromatic rings. The number of hydrogen-bond acceptors (Lipinski definition) is 8. The SMILES string of the molecule is CN(c1cc(Nc2cnc(C#N)cn2)ncc1C(=O)N1CCCC1)C1CCNCC1. The van der Waals surface area contributed by atoms with E-state index in [2.05, 4.69) is 37.5 Å². The van der Waals surface area contributed by atoms with Gasteiger partial charge in [-0.1, -0.05) is 0 Å². The summed E-state index contributed by atoms with van der Waals surface area (Å²) >= 11 is 0. The van der Waals surface area contributed by atoms with Gasteiger partial charge < -0.3 is 20.4 Å². The van der Waals surface area contributed by atoms with E-state index in [1.165, 1.54) is 12.4 Å². The zero-order chi connectivity index (χ0) is 20.9. The summed E-state index contributed by atoms with van der Waals surface area (Å²) in [4.78, 5) is 30.0. The maximum atomic E-state index is 13.2. The monoisotopic (exact) mass is 406 g/mol.